The molecule has 0 radical (unpaired) electrons. The van der Waals surface area contributed by atoms with Crippen LogP contribution in [0.25, 0.3) is 0 Å². The fourth-order valence-corrected chi connectivity index (χ4v) is 1.84. The van der Waals surface area contributed by atoms with Gasteiger partial charge in [0.05, 0.1) is 12.1 Å². The summed E-state index contributed by atoms with van der Waals surface area (Å²) in [5.41, 5.74) is 1.53. The number of hydrogen-bond acceptors (Lipinski definition) is 3. The Bertz CT molecular complexity index is 619. The zero-order valence-corrected chi connectivity index (χ0v) is 11.4. The molecule has 0 unspecified atom stereocenters. The molecule has 6 nitrogen and oxygen atoms in total. The van der Waals surface area contributed by atoms with Crippen molar-refractivity contribution in [3.05, 3.63) is 47.8 Å². The number of carbonyl (C=O) groups is 2. The number of benzene rings is 1. The first-order valence-electron chi connectivity index (χ1n) is 6.19. The second-order valence-corrected chi connectivity index (χ2v) is 4.35. The van der Waals surface area contributed by atoms with Crippen LogP contribution in [-0.4, -0.2) is 28.6 Å². The highest BCUT2D eigenvalue weighted by atomic mass is 16.2. The third-order valence-electron chi connectivity index (χ3n) is 2.75. The van der Waals surface area contributed by atoms with Crippen LogP contribution in [0.3, 0.4) is 0 Å². The summed E-state index contributed by atoms with van der Waals surface area (Å²) in [5, 5.41) is 9.24. The van der Waals surface area contributed by atoms with Crippen molar-refractivity contribution in [2.45, 2.75) is 6.42 Å². The molecular weight excluding hydrogens is 256 g/mol. The average molecular weight is 272 g/mol. The smallest absolute Gasteiger partial charge is 0.273 e. The molecule has 0 aliphatic carbocycles. The summed E-state index contributed by atoms with van der Waals surface area (Å²) in [6, 6.07) is 9.41. The Morgan fingerprint density at radius 2 is 1.95 bits per heavy atom. The molecule has 2 N–H and O–H groups in total. The summed E-state index contributed by atoms with van der Waals surface area (Å²) in [4.78, 5) is 23.6. The van der Waals surface area contributed by atoms with Crippen molar-refractivity contribution < 1.29 is 9.59 Å². The molecule has 0 atom stereocenters. The lowest BCUT2D eigenvalue weighted by molar-refractivity contribution is -0.115. The van der Waals surface area contributed by atoms with Crippen LogP contribution >= 0.6 is 0 Å². The summed E-state index contributed by atoms with van der Waals surface area (Å²) < 4.78 is 1.49. The largest absolute Gasteiger partial charge is 0.354 e. The van der Waals surface area contributed by atoms with E-state index in [4.69, 9.17) is 0 Å². The van der Waals surface area contributed by atoms with E-state index >= 15 is 0 Å². The standard InChI is InChI=1S/C14H16N4O2/c1-15-14(20)13-11(9-18(2)17-13)16-12(19)8-10-6-4-3-5-7-10/h3-7,9H,8H2,1-2H3,(H,15,20)(H,16,19). The van der Waals surface area contributed by atoms with Gasteiger partial charge in [-0.05, 0) is 5.56 Å². The lowest BCUT2D eigenvalue weighted by atomic mass is 10.1. The van der Waals surface area contributed by atoms with Gasteiger partial charge in [0, 0.05) is 20.3 Å². The number of aryl methyl sites for hydroxylation is 1. The minimum atomic E-state index is -0.333. The molecule has 0 saturated heterocycles. The maximum atomic E-state index is 12.0. The van der Waals surface area contributed by atoms with Gasteiger partial charge in [-0.15, -0.1) is 0 Å². The van der Waals surface area contributed by atoms with E-state index in [9.17, 15) is 9.59 Å². The fourth-order valence-electron chi connectivity index (χ4n) is 1.84. The Morgan fingerprint density at radius 1 is 1.25 bits per heavy atom. The third-order valence-corrected chi connectivity index (χ3v) is 2.75. The highest BCUT2D eigenvalue weighted by molar-refractivity contribution is 6.02. The van der Waals surface area contributed by atoms with Crippen molar-refractivity contribution in [3.8, 4) is 0 Å². The Hall–Kier alpha value is -2.63. The van der Waals surface area contributed by atoms with Crippen LogP contribution in [0.15, 0.2) is 36.5 Å². The molecule has 0 spiro atoms. The summed E-state index contributed by atoms with van der Waals surface area (Å²) >= 11 is 0. The highest BCUT2D eigenvalue weighted by Crippen LogP contribution is 2.13. The van der Waals surface area contributed by atoms with Crippen molar-refractivity contribution in [1.82, 2.24) is 15.1 Å². The second kappa shape index (κ2) is 6.01. The van der Waals surface area contributed by atoms with Gasteiger partial charge in [0.1, 0.15) is 0 Å². The van der Waals surface area contributed by atoms with Gasteiger partial charge in [0.25, 0.3) is 5.91 Å². The first-order chi connectivity index (χ1) is 9.60. The van der Waals surface area contributed by atoms with Crippen LogP contribution < -0.4 is 10.6 Å². The highest BCUT2D eigenvalue weighted by Gasteiger charge is 2.16. The van der Waals surface area contributed by atoms with Gasteiger partial charge in [-0.3, -0.25) is 14.3 Å². The molecular formula is C14H16N4O2. The Balaban J connectivity index is 2.10. The predicted octanol–water partition coefficient (Wildman–Crippen LogP) is 0.961. The van der Waals surface area contributed by atoms with Gasteiger partial charge in [-0.25, -0.2) is 0 Å². The molecule has 2 amide bonds. The van der Waals surface area contributed by atoms with Crippen LogP contribution in [-0.2, 0) is 18.3 Å². The summed E-state index contributed by atoms with van der Waals surface area (Å²) in [7, 11) is 3.21. The number of hydrogen-bond donors (Lipinski definition) is 2. The molecule has 0 fully saturated rings. The third kappa shape index (κ3) is 3.23. The number of anilines is 1. The molecule has 0 bridgehead atoms. The van der Waals surface area contributed by atoms with E-state index in [1.54, 1.807) is 13.2 Å². The second-order valence-electron chi connectivity index (χ2n) is 4.35. The van der Waals surface area contributed by atoms with Crippen molar-refractivity contribution in [3.63, 3.8) is 0 Å². The lowest BCUT2D eigenvalue weighted by Gasteiger charge is -2.04. The molecule has 6 heteroatoms. The molecule has 1 aromatic carbocycles. The number of nitrogens with zero attached hydrogens (tertiary/aromatic N) is 2. The minimum absolute atomic E-state index is 0.186. The van der Waals surface area contributed by atoms with E-state index in [0.717, 1.165) is 5.56 Å². The minimum Gasteiger partial charge on any atom is -0.354 e. The van der Waals surface area contributed by atoms with Crippen molar-refractivity contribution in [2.24, 2.45) is 7.05 Å². The summed E-state index contributed by atoms with van der Waals surface area (Å²) in [6.45, 7) is 0. The maximum absolute atomic E-state index is 12.0. The number of rotatable bonds is 4. The summed E-state index contributed by atoms with van der Waals surface area (Å²) in [6.07, 6.45) is 1.86. The Kier molecular flexibility index (Phi) is 4.14. The topological polar surface area (TPSA) is 76.0 Å². The van der Waals surface area contributed by atoms with Crippen LogP contribution in [0.2, 0.25) is 0 Å². The van der Waals surface area contributed by atoms with Crippen molar-refractivity contribution in [2.75, 3.05) is 12.4 Å². The van der Waals surface area contributed by atoms with E-state index < -0.39 is 0 Å². The van der Waals surface area contributed by atoms with Crippen LogP contribution in [0.5, 0.6) is 0 Å². The molecule has 2 rings (SSSR count). The van der Waals surface area contributed by atoms with Gasteiger partial charge in [-0.2, -0.15) is 5.10 Å². The number of aromatic nitrogens is 2. The monoisotopic (exact) mass is 272 g/mol. The number of nitrogens with one attached hydrogen (secondary N) is 2. The van der Waals surface area contributed by atoms with E-state index in [0.29, 0.717) is 5.69 Å². The lowest BCUT2D eigenvalue weighted by Crippen LogP contribution is -2.22. The Morgan fingerprint density at radius 3 is 2.60 bits per heavy atom. The van der Waals surface area contributed by atoms with Gasteiger partial charge in [-0.1, -0.05) is 30.3 Å². The quantitative estimate of drug-likeness (QED) is 0.870. The molecule has 1 aromatic heterocycles. The van der Waals surface area contributed by atoms with E-state index in [1.165, 1.54) is 11.7 Å². The van der Waals surface area contributed by atoms with Crippen molar-refractivity contribution >= 4 is 17.5 Å². The molecule has 2 aromatic rings. The molecule has 104 valence electrons. The predicted molar refractivity (Wildman–Crippen MR) is 75.4 cm³/mol. The van der Waals surface area contributed by atoms with Gasteiger partial charge < -0.3 is 10.6 Å². The number of carbonyl (C=O) groups excluding carboxylic acids is 2. The maximum Gasteiger partial charge on any atom is 0.273 e. The average Bonchev–Trinajstić information content (AvgIpc) is 2.79. The zero-order valence-electron chi connectivity index (χ0n) is 11.4. The van der Waals surface area contributed by atoms with Gasteiger partial charge in [0.2, 0.25) is 5.91 Å². The molecule has 20 heavy (non-hydrogen) atoms. The first-order valence-corrected chi connectivity index (χ1v) is 6.19. The van der Waals surface area contributed by atoms with E-state index in [2.05, 4.69) is 15.7 Å². The van der Waals surface area contributed by atoms with Crippen molar-refractivity contribution in [1.29, 1.82) is 0 Å². The normalized spacial score (nSPS) is 10.1. The van der Waals surface area contributed by atoms with Crippen LogP contribution in [0, 0.1) is 0 Å². The Labute approximate surface area is 116 Å². The molecule has 0 aliphatic rings. The van der Waals surface area contributed by atoms with Gasteiger partial charge >= 0.3 is 0 Å². The summed E-state index contributed by atoms with van der Waals surface area (Å²) in [5.74, 6) is -0.519. The van der Waals surface area contributed by atoms with E-state index in [-0.39, 0.29) is 23.9 Å². The SMILES string of the molecule is CNC(=O)c1nn(C)cc1NC(=O)Cc1ccccc1. The van der Waals surface area contributed by atoms with E-state index in [1.807, 2.05) is 30.3 Å². The molecule has 0 aliphatic heterocycles. The van der Waals surface area contributed by atoms with Crippen LogP contribution in [0.1, 0.15) is 16.1 Å². The molecule has 1 heterocycles. The van der Waals surface area contributed by atoms with Gasteiger partial charge in [0.15, 0.2) is 5.69 Å². The first kappa shape index (κ1) is 13.8. The zero-order chi connectivity index (χ0) is 14.5. The van der Waals surface area contributed by atoms with Crippen LogP contribution in [0.4, 0.5) is 5.69 Å². The molecule has 0 saturated carbocycles. The fraction of sp³-hybridized carbons (Fsp3) is 0.214. The number of amides is 2.